The maximum atomic E-state index is 8.93. The summed E-state index contributed by atoms with van der Waals surface area (Å²) in [5.74, 6) is 2.37. The van der Waals surface area contributed by atoms with Crippen molar-refractivity contribution in [1.82, 2.24) is 0 Å². The molecule has 0 aliphatic rings. The summed E-state index contributed by atoms with van der Waals surface area (Å²) in [7, 11) is 0. The second kappa shape index (κ2) is 8.22. The molecule has 0 atom stereocenters. The third-order valence-electron chi connectivity index (χ3n) is 3.55. The molecule has 1 N–H and O–H groups in total. The summed E-state index contributed by atoms with van der Waals surface area (Å²) in [6.45, 7) is 1.19. The predicted molar refractivity (Wildman–Crippen MR) is 94.0 cm³/mol. The quantitative estimate of drug-likeness (QED) is 0.642. The number of para-hydroxylation sites is 1. The Morgan fingerprint density at radius 1 is 0.583 bits per heavy atom. The molecule has 0 aliphatic carbocycles. The Hall–Kier alpha value is -2.72. The first-order chi connectivity index (χ1) is 11.9. The summed E-state index contributed by atoms with van der Waals surface area (Å²) in [5, 5.41) is 10.9. The van der Waals surface area contributed by atoms with E-state index in [1.807, 2.05) is 66.7 Å². The second-order valence-electron chi connectivity index (χ2n) is 5.19. The number of aliphatic hydroxyl groups is 1. The van der Waals surface area contributed by atoms with Crippen LogP contribution in [0.1, 0.15) is 0 Å². The summed E-state index contributed by atoms with van der Waals surface area (Å²) in [6.07, 6.45) is 0. The standard InChI is InChI=1S/C20H20O4/c21-12-13-23-19-10-11-20(18-9-5-4-8-17(18)19)24-15-14-22-16-6-2-1-3-7-16/h1-11,21H,12-15H2. The Bertz CT molecular complexity index is 771. The van der Waals surface area contributed by atoms with Gasteiger partial charge in [0.2, 0.25) is 0 Å². The van der Waals surface area contributed by atoms with E-state index in [1.165, 1.54) is 0 Å². The number of fused-ring (bicyclic) bond motifs is 1. The molecule has 0 unspecified atom stereocenters. The van der Waals surface area contributed by atoms with Crippen LogP contribution in [0, 0.1) is 0 Å². The highest BCUT2D eigenvalue weighted by Crippen LogP contribution is 2.33. The average Bonchev–Trinajstić information content (AvgIpc) is 2.65. The van der Waals surface area contributed by atoms with Gasteiger partial charge in [0, 0.05) is 10.8 Å². The highest BCUT2D eigenvalue weighted by atomic mass is 16.5. The third kappa shape index (κ3) is 3.97. The van der Waals surface area contributed by atoms with Gasteiger partial charge in [-0.2, -0.15) is 0 Å². The molecule has 0 bridgehead atoms. The van der Waals surface area contributed by atoms with Gasteiger partial charge in [-0.15, -0.1) is 0 Å². The maximum absolute atomic E-state index is 8.93. The summed E-state index contributed by atoms with van der Waals surface area (Å²) in [5.41, 5.74) is 0. The first-order valence-electron chi connectivity index (χ1n) is 7.94. The SMILES string of the molecule is OCCOc1ccc(OCCOc2ccccc2)c2ccccc12. The topological polar surface area (TPSA) is 47.9 Å². The van der Waals surface area contributed by atoms with Gasteiger partial charge in [0.1, 0.15) is 37.1 Å². The summed E-state index contributed by atoms with van der Waals surface area (Å²) in [4.78, 5) is 0. The van der Waals surface area contributed by atoms with E-state index < -0.39 is 0 Å². The van der Waals surface area contributed by atoms with E-state index in [1.54, 1.807) is 0 Å². The van der Waals surface area contributed by atoms with Gasteiger partial charge >= 0.3 is 0 Å². The van der Waals surface area contributed by atoms with Crippen LogP contribution in [0.3, 0.4) is 0 Å². The molecule has 3 rings (SSSR count). The highest BCUT2D eigenvalue weighted by Gasteiger charge is 2.07. The molecule has 0 heterocycles. The molecule has 0 aromatic heterocycles. The van der Waals surface area contributed by atoms with Crippen molar-refractivity contribution in [3.63, 3.8) is 0 Å². The van der Waals surface area contributed by atoms with Crippen molar-refractivity contribution < 1.29 is 19.3 Å². The number of hydrogen-bond donors (Lipinski definition) is 1. The summed E-state index contributed by atoms with van der Waals surface area (Å²) in [6, 6.07) is 21.3. The zero-order chi connectivity index (χ0) is 16.6. The van der Waals surface area contributed by atoms with E-state index in [4.69, 9.17) is 19.3 Å². The molecule has 0 saturated heterocycles. The van der Waals surface area contributed by atoms with Gasteiger partial charge in [-0.25, -0.2) is 0 Å². The Morgan fingerprint density at radius 3 is 1.75 bits per heavy atom. The summed E-state index contributed by atoms with van der Waals surface area (Å²) >= 11 is 0. The van der Waals surface area contributed by atoms with Gasteiger partial charge in [0.25, 0.3) is 0 Å². The molecule has 0 fully saturated rings. The zero-order valence-corrected chi connectivity index (χ0v) is 13.4. The Labute approximate surface area is 141 Å². The number of benzene rings is 3. The third-order valence-corrected chi connectivity index (χ3v) is 3.55. The monoisotopic (exact) mass is 324 g/mol. The fraction of sp³-hybridized carbons (Fsp3) is 0.200. The molecule has 0 amide bonds. The number of rotatable bonds is 8. The molecule has 0 aliphatic heterocycles. The van der Waals surface area contributed by atoms with Crippen LogP contribution in [-0.2, 0) is 0 Å². The minimum absolute atomic E-state index is 0.0105. The normalized spacial score (nSPS) is 10.5. The van der Waals surface area contributed by atoms with Gasteiger partial charge < -0.3 is 19.3 Å². The molecule has 4 nitrogen and oxygen atoms in total. The van der Waals surface area contributed by atoms with Crippen molar-refractivity contribution in [2.75, 3.05) is 26.4 Å². The van der Waals surface area contributed by atoms with Crippen LogP contribution in [0.25, 0.3) is 10.8 Å². The van der Waals surface area contributed by atoms with E-state index in [-0.39, 0.29) is 13.2 Å². The van der Waals surface area contributed by atoms with Crippen molar-refractivity contribution >= 4 is 10.8 Å². The van der Waals surface area contributed by atoms with Gasteiger partial charge in [0.15, 0.2) is 0 Å². The molecule has 0 saturated carbocycles. The fourth-order valence-corrected chi connectivity index (χ4v) is 2.48. The van der Waals surface area contributed by atoms with Crippen LogP contribution in [0.15, 0.2) is 66.7 Å². The van der Waals surface area contributed by atoms with Crippen molar-refractivity contribution in [3.05, 3.63) is 66.7 Å². The van der Waals surface area contributed by atoms with E-state index in [9.17, 15) is 0 Å². The predicted octanol–water partition coefficient (Wildman–Crippen LogP) is 3.67. The van der Waals surface area contributed by atoms with Crippen LogP contribution < -0.4 is 14.2 Å². The minimum atomic E-state index is -0.0105. The smallest absolute Gasteiger partial charge is 0.127 e. The average molecular weight is 324 g/mol. The van der Waals surface area contributed by atoms with Crippen molar-refractivity contribution in [3.8, 4) is 17.2 Å². The van der Waals surface area contributed by atoms with E-state index >= 15 is 0 Å². The van der Waals surface area contributed by atoms with Crippen LogP contribution >= 0.6 is 0 Å². The lowest BCUT2D eigenvalue weighted by Crippen LogP contribution is -2.09. The molecule has 124 valence electrons. The largest absolute Gasteiger partial charge is 0.491 e. The van der Waals surface area contributed by atoms with Crippen molar-refractivity contribution in [1.29, 1.82) is 0 Å². The lowest BCUT2D eigenvalue weighted by molar-refractivity contribution is 0.202. The molecular weight excluding hydrogens is 304 g/mol. The van der Waals surface area contributed by atoms with E-state index in [0.717, 1.165) is 28.0 Å². The van der Waals surface area contributed by atoms with Gasteiger partial charge in [0.05, 0.1) is 6.61 Å². The van der Waals surface area contributed by atoms with Crippen molar-refractivity contribution in [2.45, 2.75) is 0 Å². The summed E-state index contributed by atoms with van der Waals surface area (Å²) < 4.78 is 17.1. The number of hydrogen-bond acceptors (Lipinski definition) is 4. The first kappa shape index (κ1) is 16.1. The van der Waals surface area contributed by atoms with Crippen LogP contribution in [0.4, 0.5) is 0 Å². The van der Waals surface area contributed by atoms with Crippen LogP contribution in [-0.4, -0.2) is 31.5 Å². The Kier molecular flexibility index (Phi) is 5.53. The number of ether oxygens (including phenoxy) is 3. The first-order valence-corrected chi connectivity index (χ1v) is 7.94. The van der Waals surface area contributed by atoms with Crippen molar-refractivity contribution in [2.24, 2.45) is 0 Å². The van der Waals surface area contributed by atoms with Gasteiger partial charge in [-0.3, -0.25) is 0 Å². The lowest BCUT2D eigenvalue weighted by Gasteiger charge is -2.13. The molecular formula is C20H20O4. The Morgan fingerprint density at radius 2 is 1.12 bits per heavy atom. The van der Waals surface area contributed by atoms with Gasteiger partial charge in [-0.05, 0) is 24.3 Å². The van der Waals surface area contributed by atoms with Gasteiger partial charge in [-0.1, -0.05) is 42.5 Å². The van der Waals surface area contributed by atoms with E-state index in [0.29, 0.717) is 13.2 Å². The molecule has 3 aromatic rings. The van der Waals surface area contributed by atoms with E-state index in [2.05, 4.69) is 0 Å². The lowest BCUT2D eigenvalue weighted by atomic mass is 10.1. The maximum Gasteiger partial charge on any atom is 0.127 e. The molecule has 4 heteroatoms. The van der Waals surface area contributed by atoms with Crippen LogP contribution in [0.2, 0.25) is 0 Å². The van der Waals surface area contributed by atoms with Crippen LogP contribution in [0.5, 0.6) is 17.2 Å². The molecule has 0 radical (unpaired) electrons. The second-order valence-corrected chi connectivity index (χ2v) is 5.19. The number of aliphatic hydroxyl groups excluding tert-OH is 1. The minimum Gasteiger partial charge on any atom is -0.491 e. The highest BCUT2D eigenvalue weighted by molar-refractivity contribution is 5.93. The molecule has 0 spiro atoms. The fourth-order valence-electron chi connectivity index (χ4n) is 2.48. The molecule has 24 heavy (non-hydrogen) atoms. The Balaban J connectivity index is 1.66. The molecule has 3 aromatic carbocycles. The zero-order valence-electron chi connectivity index (χ0n) is 13.4.